The van der Waals surface area contributed by atoms with Gasteiger partial charge in [0.25, 0.3) is 0 Å². The monoisotopic (exact) mass is 310 g/mol. The first-order chi connectivity index (χ1) is 10.5. The Kier molecular flexibility index (Phi) is 5.19. The molecule has 0 spiro atoms. The van der Waals surface area contributed by atoms with Crippen LogP contribution in [0.1, 0.15) is 30.9 Å². The number of hydrogen-bond donors (Lipinski definition) is 2. The van der Waals surface area contributed by atoms with Gasteiger partial charge in [-0.2, -0.15) is 0 Å². The number of benzene rings is 1. The van der Waals surface area contributed by atoms with Crippen molar-refractivity contribution in [2.75, 3.05) is 20.2 Å². The fourth-order valence-electron chi connectivity index (χ4n) is 2.34. The summed E-state index contributed by atoms with van der Waals surface area (Å²) in [6, 6.07) is 3.89. The second-order valence-corrected chi connectivity index (χ2v) is 5.22. The van der Waals surface area contributed by atoms with E-state index in [1.165, 1.54) is 18.0 Å². The number of carboxylic acids is 1. The minimum Gasteiger partial charge on any atom is -0.490 e. The molecule has 2 N–H and O–H groups in total. The molecule has 7 heteroatoms. The van der Waals surface area contributed by atoms with Crippen LogP contribution in [0.25, 0.3) is 0 Å². The van der Waals surface area contributed by atoms with Gasteiger partial charge < -0.3 is 20.1 Å². The number of amides is 2. The summed E-state index contributed by atoms with van der Waals surface area (Å²) in [5.74, 6) is -1.23. The van der Waals surface area contributed by atoms with Crippen LogP contribution in [-0.4, -0.2) is 42.2 Å². The standard InChI is InChI=1S/C15H19FN2O4/c1-18(8-7-13(19)20)15(21)17-12-6-3-9-22-14-10(12)4-2-5-11(14)16/h2,4-5,12H,3,6-9H2,1H3,(H,17,21)(H,19,20). The molecule has 1 aliphatic rings. The number of nitrogens with one attached hydrogen (secondary N) is 1. The normalized spacial score (nSPS) is 16.9. The number of halogens is 1. The fraction of sp³-hybridized carbons (Fsp3) is 0.467. The van der Waals surface area contributed by atoms with Crippen LogP contribution in [0, 0.1) is 5.82 Å². The van der Waals surface area contributed by atoms with Gasteiger partial charge in [0.1, 0.15) is 0 Å². The van der Waals surface area contributed by atoms with Crippen LogP contribution in [0.5, 0.6) is 5.75 Å². The van der Waals surface area contributed by atoms with Crippen molar-refractivity contribution >= 4 is 12.0 Å². The van der Waals surface area contributed by atoms with Crippen LogP contribution in [-0.2, 0) is 4.79 Å². The highest BCUT2D eigenvalue weighted by Gasteiger charge is 2.24. The van der Waals surface area contributed by atoms with Crippen LogP contribution in [0.15, 0.2) is 18.2 Å². The average Bonchev–Trinajstić information content (AvgIpc) is 2.68. The van der Waals surface area contributed by atoms with Crippen LogP contribution in [0.2, 0.25) is 0 Å². The zero-order chi connectivity index (χ0) is 16.1. The Bertz CT molecular complexity index is 564. The van der Waals surface area contributed by atoms with Gasteiger partial charge in [-0.15, -0.1) is 0 Å². The summed E-state index contributed by atoms with van der Waals surface area (Å²) in [6.45, 7) is 0.509. The predicted molar refractivity (Wildman–Crippen MR) is 77.3 cm³/mol. The van der Waals surface area contributed by atoms with Gasteiger partial charge in [-0.1, -0.05) is 12.1 Å². The molecule has 1 unspecified atom stereocenters. The molecule has 1 aromatic carbocycles. The summed E-state index contributed by atoms with van der Waals surface area (Å²) in [5, 5.41) is 11.5. The molecule has 0 aromatic heterocycles. The van der Waals surface area contributed by atoms with Gasteiger partial charge in [0.15, 0.2) is 11.6 Å². The molecule has 1 heterocycles. The Morgan fingerprint density at radius 3 is 3.00 bits per heavy atom. The molecular weight excluding hydrogens is 291 g/mol. The van der Waals surface area contributed by atoms with Crippen molar-refractivity contribution in [1.29, 1.82) is 0 Å². The van der Waals surface area contributed by atoms with E-state index < -0.39 is 11.8 Å². The molecule has 0 aliphatic carbocycles. The van der Waals surface area contributed by atoms with E-state index in [1.807, 2.05) is 0 Å². The van der Waals surface area contributed by atoms with Crippen molar-refractivity contribution in [2.24, 2.45) is 0 Å². The van der Waals surface area contributed by atoms with Gasteiger partial charge in [-0.05, 0) is 18.9 Å². The van der Waals surface area contributed by atoms with Gasteiger partial charge in [-0.25, -0.2) is 9.18 Å². The van der Waals surface area contributed by atoms with Crippen molar-refractivity contribution in [3.05, 3.63) is 29.6 Å². The van der Waals surface area contributed by atoms with Crippen LogP contribution >= 0.6 is 0 Å². The molecule has 0 bridgehead atoms. The number of fused-ring (bicyclic) bond motifs is 1. The minimum atomic E-state index is -0.963. The van der Waals surface area contributed by atoms with Crippen molar-refractivity contribution in [3.8, 4) is 5.75 Å². The molecule has 0 saturated heterocycles. The van der Waals surface area contributed by atoms with Crippen molar-refractivity contribution < 1.29 is 23.8 Å². The lowest BCUT2D eigenvalue weighted by Crippen LogP contribution is -2.40. The Morgan fingerprint density at radius 2 is 2.27 bits per heavy atom. The molecule has 6 nitrogen and oxygen atoms in total. The molecule has 2 amide bonds. The number of aliphatic carboxylic acids is 1. The lowest BCUT2D eigenvalue weighted by Gasteiger charge is -2.23. The lowest BCUT2D eigenvalue weighted by molar-refractivity contribution is -0.137. The highest BCUT2D eigenvalue weighted by Crippen LogP contribution is 2.33. The number of para-hydroxylation sites is 1. The Morgan fingerprint density at radius 1 is 1.50 bits per heavy atom. The van der Waals surface area contributed by atoms with Crippen molar-refractivity contribution in [1.82, 2.24) is 10.2 Å². The van der Waals surface area contributed by atoms with E-state index in [1.54, 1.807) is 12.1 Å². The van der Waals surface area contributed by atoms with Crippen molar-refractivity contribution in [3.63, 3.8) is 0 Å². The van der Waals surface area contributed by atoms with Crippen LogP contribution in [0.3, 0.4) is 0 Å². The minimum absolute atomic E-state index is 0.112. The topological polar surface area (TPSA) is 78.9 Å². The van der Waals surface area contributed by atoms with Crippen molar-refractivity contribution in [2.45, 2.75) is 25.3 Å². The molecule has 1 aliphatic heterocycles. The number of carbonyl (C=O) groups is 2. The zero-order valence-electron chi connectivity index (χ0n) is 12.3. The average molecular weight is 310 g/mol. The molecule has 0 saturated carbocycles. The third kappa shape index (κ3) is 3.87. The highest BCUT2D eigenvalue weighted by atomic mass is 19.1. The summed E-state index contributed by atoms with van der Waals surface area (Å²) >= 11 is 0. The molecule has 120 valence electrons. The number of rotatable bonds is 4. The number of carboxylic acid groups (broad SMARTS) is 1. The van der Waals surface area contributed by atoms with E-state index in [9.17, 15) is 14.0 Å². The maximum absolute atomic E-state index is 13.8. The third-order valence-corrected chi connectivity index (χ3v) is 3.56. The Labute approximate surface area is 127 Å². The largest absolute Gasteiger partial charge is 0.490 e. The summed E-state index contributed by atoms with van der Waals surface area (Å²) in [5.41, 5.74) is 0.609. The first kappa shape index (κ1) is 16.1. The van der Waals surface area contributed by atoms with Gasteiger partial charge in [0.2, 0.25) is 0 Å². The quantitative estimate of drug-likeness (QED) is 0.893. The second-order valence-electron chi connectivity index (χ2n) is 5.22. The number of hydrogen-bond acceptors (Lipinski definition) is 3. The Hall–Kier alpha value is -2.31. The third-order valence-electron chi connectivity index (χ3n) is 3.56. The van der Waals surface area contributed by atoms with Crippen LogP contribution < -0.4 is 10.1 Å². The lowest BCUT2D eigenvalue weighted by atomic mass is 10.0. The van der Waals surface area contributed by atoms with Gasteiger partial charge in [0, 0.05) is 19.2 Å². The smallest absolute Gasteiger partial charge is 0.317 e. The molecular formula is C15H19FN2O4. The number of urea groups is 1. The van der Waals surface area contributed by atoms with Gasteiger partial charge >= 0.3 is 12.0 Å². The van der Waals surface area contributed by atoms with E-state index in [0.29, 0.717) is 25.0 Å². The van der Waals surface area contributed by atoms with E-state index in [0.717, 1.165) is 0 Å². The first-order valence-corrected chi connectivity index (χ1v) is 7.13. The molecule has 0 radical (unpaired) electrons. The first-order valence-electron chi connectivity index (χ1n) is 7.13. The fourth-order valence-corrected chi connectivity index (χ4v) is 2.34. The molecule has 1 aromatic rings. The molecule has 22 heavy (non-hydrogen) atoms. The summed E-state index contributed by atoms with van der Waals surface area (Å²) in [4.78, 5) is 24.0. The molecule has 1 atom stereocenters. The number of ether oxygens (including phenoxy) is 1. The second kappa shape index (κ2) is 7.11. The van der Waals surface area contributed by atoms with Crippen LogP contribution in [0.4, 0.5) is 9.18 Å². The highest BCUT2D eigenvalue weighted by molar-refractivity contribution is 5.75. The Balaban J connectivity index is 2.08. The zero-order valence-corrected chi connectivity index (χ0v) is 12.3. The number of nitrogens with zero attached hydrogens (tertiary/aromatic N) is 1. The summed E-state index contributed by atoms with van der Waals surface area (Å²) in [7, 11) is 1.53. The van der Waals surface area contributed by atoms with E-state index >= 15 is 0 Å². The summed E-state index contributed by atoms with van der Waals surface area (Å²) in [6.07, 6.45) is 1.20. The molecule has 0 fully saturated rings. The van der Waals surface area contributed by atoms with Gasteiger partial charge in [0.05, 0.1) is 19.1 Å². The maximum atomic E-state index is 13.8. The van der Waals surface area contributed by atoms with E-state index in [2.05, 4.69) is 5.32 Å². The van der Waals surface area contributed by atoms with Gasteiger partial charge in [-0.3, -0.25) is 4.79 Å². The van der Waals surface area contributed by atoms with E-state index in [4.69, 9.17) is 9.84 Å². The maximum Gasteiger partial charge on any atom is 0.317 e. The summed E-state index contributed by atoms with van der Waals surface area (Å²) < 4.78 is 19.2. The van der Waals surface area contributed by atoms with E-state index in [-0.39, 0.29) is 30.8 Å². The number of carbonyl (C=O) groups excluding carboxylic acids is 1. The SMILES string of the molecule is CN(CCC(=O)O)C(=O)NC1CCCOc2c(F)cccc21. The molecule has 2 rings (SSSR count). The predicted octanol–water partition coefficient (Wildman–Crippen LogP) is 2.16.